The van der Waals surface area contributed by atoms with Crippen molar-refractivity contribution >= 4 is 23.6 Å². The zero-order valence-corrected chi connectivity index (χ0v) is 14.7. The van der Waals surface area contributed by atoms with E-state index in [2.05, 4.69) is 10.3 Å². The third kappa shape index (κ3) is 5.13. The smallest absolute Gasteiger partial charge is 0.284 e. The van der Waals surface area contributed by atoms with E-state index in [0.717, 1.165) is 19.4 Å². The number of benzene rings is 1. The third-order valence-corrected chi connectivity index (χ3v) is 3.94. The lowest BCUT2D eigenvalue weighted by molar-refractivity contribution is -0.114. The Kier molecular flexibility index (Phi) is 6.25. The van der Waals surface area contributed by atoms with E-state index in [4.69, 9.17) is 0 Å². The normalized spacial score (nSPS) is 18.4. The van der Waals surface area contributed by atoms with E-state index >= 15 is 0 Å². The van der Waals surface area contributed by atoms with Gasteiger partial charge < -0.3 is 10.2 Å². The van der Waals surface area contributed by atoms with E-state index in [1.165, 1.54) is 12.1 Å². The molecule has 6 nitrogen and oxygen atoms in total. The maximum atomic E-state index is 14.1. The van der Waals surface area contributed by atoms with E-state index in [1.807, 2.05) is 32.1 Å². The molecule has 2 rings (SSSR count). The number of likely N-dealkylation sites (tertiary alicyclic amines) is 1. The fourth-order valence-corrected chi connectivity index (χ4v) is 2.58. The number of carbonyl (C=O) groups excluding carboxylic acids is 1. The maximum absolute atomic E-state index is 14.1. The summed E-state index contributed by atoms with van der Waals surface area (Å²) in [5, 5.41) is 11.7. The van der Waals surface area contributed by atoms with Crippen molar-refractivity contribution in [3.8, 4) is 6.07 Å². The van der Waals surface area contributed by atoms with Crippen LogP contribution in [-0.4, -0.2) is 55.8 Å². The first-order valence-corrected chi connectivity index (χ1v) is 8.04. The molecule has 0 saturated carbocycles. The molecule has 1 aliphatic rings. The van der Waals surface area contributed by atoms with Crippen molar-refractivity contribution in [3.63, 3.8) is 0 Å². The molecule has 1 saturated heterocycles. The molecule has 1 N–H and O–H groups in total. The van der Waals surface area contributed by atoms with Crippen LogP contribution in [-0.2, 0) is 4.79 Å². The second kappa shape index (κ2) is 8.40. The van der Waals surface area contributed by atoms with Crippen LogP contribution in [0.15, 0.2) is 35.1 Å². The second-order valence-corrected chi connectivity index (χ2v) is 6.21. The minimum atomic E-state index is -0.813. The Morgan fingerprint density at radius 1 is 1.52 bits per heavy atom. The molecule has 132 valence electrons. The number of hydrogen-bond acceptors (Lipinski definition) is 4. The molecule has 0 spiro atoms. The van der Waals surface area contributed by atoms with Crippen LogP contribution in [0.2, 0.25) is 0 Å². The van der Waals surface area contributed by atoms with Gasteiger partial charge in [-0.25, -0.2) is 9.38 Å². The fourth-order valence-electron chi connectivity index (χ4n) is 2.58. The Hall–Kier alpha value is -2.72. The van der Waals surface area contributed by atoms with Crippen molar-refractivity contribution in [1.82, 2.24) is 9.80 Å². The molecule has 0 bridgehead atoms. The van der Waals surface area contributed by atoms with Crippen molar-refractivity contribution in [2.45, 2.75) is 18.9 Å². The molecule has 0 radical (unpaired) electrons. The van der Waals surface area contributed by atoms with Gasteiger partial charge in [0.25, 0.3) is 5.91 Å². The van der Waals surface area contributed by atoms with Gasteiger partial charge in [-0.05, 0) is 50.7 Å². The van der Waals surface area contributed by atoms with Gasteiger partial charge in [-0.15, -0.1) is 0 Å². The largest absolute Gasteiger partial charge is 0.369 e. The lowest BCUT2D eigenvalue weighted by Gasteiger charge is -2.15. The van der Waals surface area contributed by atoms with Gasteiger partial charge in [0.05, 0.1) is 17.6 Å². The first-order chi connectivity index (χ1) is 11.9. The van der Waals surface area contributed by atoms with Crippen LogP contribution in [0.5, 0.6) is 0 Å². The minimum absolute atomic E-state index is 0.0526. The third-order valence-electron chi connectivity index (χ3n) is 3.94. The summed E-state index contributed by atoms with van der Waals surface area (Å²) >= 11 is 0. The molecule has 1 amide bonds. The highest BCUT2D eigenvalue weighted by Gasteiger charge is 2.21. The van der Waals surface area contributed by atoms with E-state index < -0.39 is 11.7 Å². The summed E-state index contributed by atoms with van der Waals surface area (Å²) in [6, 6.07) is 6.66. The van der Waals surface area contributed by atoms with Crippen LogP contribution in [0.1, 0.15) is 18.4 Å². The summed E-state index contributed by atoms with van der Waals surface area (Å²) in [7, 11) is 5.55. The average molecular weight is 343 g/mol. The number of hydrogen-bond donors (Lipinski definition) is 1. The average Bonchev–Trinajstić information content (AvgIpc) is 2.98. The standard InChI is InChI=1S/C18H22FN5O/c1-23(2)12-21-17-7-6-14(9-13(17)11-20)22-18(25)16(19)10-15-5-4-8-24(15)3/h6-7,9-10,12,15H,4-5,8H2,1-3H3,(H,22,25)/b16-10+,21-12+/t15-/m1/s1. The first-order valence-electron chi connectivity index (χ1n) is 8.04. The van der Waals surface area contributed by atoms with Crippen molar-refractivity contribution in [2.75, 3.05) is 33.0 Å². The Morgan fingerprint density at radius 3 is 2.88 bits per heavy atom. The Bertz CT molecular complexity index is 735. The topological polar surface area (TPSA) is 71.7 Å². The molecule has 1 aromatic carbocycles. The highest BCUT2D eigenvalue weighted by molar-refractivity contribution is 6.02. The number of anilines is 1. The van der Waals surface area contributed by atoms with Gasteiger partial charge >= 0.3 is 0 Å². The lowest BCUT2D eigenvalue weighted by atomic mass is 10.1. The second-order valence-electron chi connectivity index (χ2n) is 6.21. The monoisotopic (exact) mass is 343 g/mol. The predicted octanol–water partition coefficient (Wildman–Crippen LogP) is 2.67. The first kappa shape index (κ1) is 18.6. The van der Waals surface area contributed by atoms with Crippen LogP contribution in [0, 0.1) is 11.3 Å². The number of halogens is 1. The van der Waals surface area contributed by atoms with Gasteiger partial charge in [-0.2, -0.15) is 5.26 Å². The molecule has 1 aliphatic heterocycles. The molecular weight excluding hydrogens is 321 g/mol. The molecule has 7 heteroatoms. The highest BCUT2D eigenvalue weighted by atomic mass is 19.1. The SMILES string of the molecule is CN(C)/C=N/c1ccc(NC(=O)/C(F)=C\[C@H]2CCCN2C)cc1C#N. The number of nitrogens with zero attached hydrogens (tertiary/aromatic N) is 4. The molecule has 0 aliphatic carbocycles. The number of amides is 1. The summed E-state index contributed by atoms with van der Waals surface area (Å²) in [5.74, 6) is -1.62. The van der Waals surface area contributed by atoms with Crippen LogP contribution in [0.3, 0.4) is 0 Å². The van der Waals surface area contributed by atoms with E-state index in [0.29, 0.717) is 16.9 Å². The fraction of sp³-hybridized carbons (Fsp3) is 0.389. The number of carbonyl (C=O) groups is 1. The summed E-state index contributed by atoms with van der Waals surface area (Å²) in [5.41, 5.74) is 1.14. The molecular formula is C18H22FN5O. The van der Waals surface area contributed by atoms with Gasteiger partial charge in [0.15, 0.2) is 5.83 Å². The Labute approximate surface area is 147 Å². The van der Waals surface area contributed by atoms with Gasteiger partial charge in [0.2, 0.25) is 0 Å². The molecule has 1 aromatic rings. The lowest BCUT2D eigenvalue weighted by Crippen LogP contribution is -2.24. The maximum Gasteiger partial charge on any atom is 0.284 e. The van der Waals surface area contributed by atoms with Crippen LogP contribution < -0.4 is 5.32 Å². The molecule has 1 fully saturated rings. The molecule has 25 heavy (non-hydrogen) atoms. The summed E-state index contributed by atoms with van der Waals surface area (Å²) in [6.07, 6.45) is 4.76. The quantitative estimate of drug-likeness (QED) is 0.507. The summed E-state index contributed by atoms with van der Waals surface area (Å²) < 4.78 is 14.1. The van der Waals surface area contributed by atoms with Crippen molar-refractivity contribution in [1.29, 1.82) is 5.26 Å². The van der Waals surface area contributed by atoms with Crippen LogP contribution in [0.4, 0.5) is 15.8 Å². The van der Waals surface area contributed by atoms with Gasteiger partial charge in [-0.3, -0.25) is 9.69 Å². The van der Waals surface area contributed by atoms with Gasteiger partial charge in [0, 0.05) is 25.8 Å². The van der Waals surface area contributed by atoms with E-state index in [-0.39, 0.29) is 6.04 Å². The molecule has 1 heterocycles. The number of likely N-dealkylation sites (N-methyl/N-ethyl adjacent to an activating group) is 1. The molecule has 0 unspecified atom stereocenters. The van der Waals surface area contributed by atoms with E-state index in [9.17, 15) is 14.4 Å². The zero-order valence-electron chi connectivity index (χ0n) is 14.7. The van der Waals surface area contributed by atoms with Crippen LogP contribution >= 0.6 is 0 Å². The van der Waals surface area contributed by atoms with Gasteiger partial charge in [-0.1, -0.05) is 0 Å². The van der Waals surface area contributed by atoms with Crippen molar-refractivity contribution in [3.05, 3.63) is 35.7 Å². The number of nitriles is 1. The zero-order chi connectivity index (χ0) is 18.4. The van der Waals surface area contributed by atoms with Crippen molar-refractivity contribution in [2.24, 2.45) is 4.99 Å². The van der Waals surface area contributed by atoms with E-state index in [1.54, 1.807) is 23.4 Å². The van der Waals surface area contributed by atoms with Gasteiger partial charge in [0.1, 0.15) is 6.07 Å². The Morgan fingerprint density at radius 2 is 2.28 bits per heavy atom. The van der Waals surface area contributed by atoms with Crippen LogP contribution in [0.25, 0.3) is 0 Å². The Balaban J connectivity index is 2.10. The molecule has 0 aromatic heterocycles. The highest BCUT2D eigenvalue weighted by Crippen LogP contribution is 2.23. The van der Waals surface area contributed by atoms with Crippen molar-refractivity contribution < 1.29 is 9.18 Å². The summed E-state index contributed by atoms with van der Waals surface area (Å²) in [6.45, 7) is 0.899. The predicted molar refractivity (Wildman–Crippen MR) is 96.5 cm³/mol. The summed E-state index contributed by atoms with van der Waals surface area (Å²) in [4.78, 5) is 20.0. The number of rotatable bonds is 5. The molecule has 1 atom stereocenters. The number of nitrogens with one attached hydrogen (secondary N) is 1. The minimum Gasteiger partial charge on any atom is -0.369 e. The number of aliphatic imine (C=N–C) groups is 1.